The van der Waals surface area contributed by atoms with Crippen LogP contribution in [-0.4, -0.2) is 30.2 Å². The Labute approximate surface area is 105 Å². The molecule has 1 aromatic heterocycles. The van der Waals surface area contributed by atoms with Gasteiger partial charge in [0.15, 0.2) is 0 Å². The van der Waals surface area contributed by atoms with Gasteiger partial charge in [0.1, 0.15) is 5.76 Å². The molecule has 6 heteroatoms. The molecular weight excluding hydrogens is 236 g/mol. The molecule has 1 aromatic rings. The molecule has 0 aliphatic carbocycles. The predicted octanol–water partition coefficient (Wildman–Crippen LogP) is 1.23. The third-order valence-electron chi connectivity index (χ3n) is 2.37. The molecule has 0 aliphatic rings. The molecule has 18 heavy (non-hydrogen) atoms. The van der Waals surface area contributed by atoms with E-state index in [4.69, 9.17) is 9.52 Å². The second-order valence-corrected chi connectivity index (χ2v) is 4.17. The van der Waals surface area contributed by atoms with Gasteiger partial charge in [-0.15, -0.1) is 0 Å². The fraction of sp³-hybridized carbons (Fsp3) is 0.500. The molecule has 0 bridgehead atoms. The van der Waals surface area contributed by atoms with Crippen LogP contribution in [-0.2, 0) is 11.2 Å². The molecule has 6 nitrogen and oxygen atoms in total. The Morgan fingerprint density at radius 2 is 2.22 bits per heavy atom. The number of nitrogens with one attached hydrogen (secondary N) is 2. The molecule has 0 aliphatic heterocycles. The summed E-state index contributed by atoms with van der Waals surface area (Å²) < 4.78 is 5.12. The minimum absolute atomic E-state index is 0.0483. The molecule has 0 spiro atoms. The fourth-order valence-electron chi connectivity index (χ4n) is 1.45. The number of furan rings is 1. The summed E-state index contributed by atoms with van der Waals surface area (Å²) in [5, 5.41) is 13.9. The number of urea groups is 1. The third kappa shape index (κ3) is 5.93. The first-order valence-electron chi connectivity index (χ1n) is 5.84. The highest BCUT2D eigenvalue weighted by Gasteiger charge is 2.08. The van der Waals surface area contributed by atoms with Crippen LogP contribution < -0.4 is 10.6 Å². The number of aliphatic carboxylic acids is 1. The van der Waals surface area contributed by atoms with E-state index in [1.807, 2.05) is 6.07 Å². The average Bonchev–Trinajstić information content (AvgIpc) is 2.78. The lowest BCUT2D eigenvalue weighted by atomic mass is 10.1. The van der Waals surface area contributed by atoms with Crippen LogP contribution >= 0.6 is 0 Å². The zero-order valence-electron chi connectivity index (χ0n) is 10.3. The highest BCUT2D eigenvalue weighted by Crippen LogP contribution is 2.00. The van der Waals surface area contributed by atoms with Gasteiger partial charge in [0.2, 0.25) is 0 Å². The molecule has 100 valence electrons. The zero-order chi connectivity index (χ0) is 13.4. The minimum atomic E-state index is -0.859. The lowest BCUT2D eigenvalue weighted by molar-refractivity contribution is -0.137. The van der Waals surface area contributed by atoms with Gasteiger partial charge in [-0.05, 0) is 18.1 Å². The van der Waals surface area contributed by atoms with Crippen molar-refractivity contribution in [3.8, 4) is 0 Å². The highest BCUT2D eigenvalue weighted by molar-refractivity contribution is 5.74. The van der Waals surface area contributed by atoms with Crippen molar-refractivity contribution in [2.24, 2.45) is 5.92 Å². The van der Waals surface area contributed by atoms with E-state index >= 15 is 0 Å². The first-order chi connectivity index (χ1) is 8.58. The number of rotatable bonds is 7. The van der Waals surface area contributed by atoms with Gasteiger partial charge in [-0.3, -0.25) is 4.79 Å². The summed E-state index contributed by atoms with van der Waals surface area (Å²) in [6.07, 6.45) is 2.26. The van der Waals surface area contributed by atoms with Crippen LogP contribution in [0.5, 0.6) is 0 Å². The molecule has 1 unspecified atom stereocenters. The Kier molecular flexibility index (Phi) is 5.76. The molecule has 1 heterocycles. The van der Waals surface area contributed by atoms with Crippen molar-refractivity contribution in [3.63, 3.8) is 0 Å². The van der Waals surface area contributed by atoms with Gasteiger partial charge in [0.25, 0.3) is 0 Å². The number of hydrogen-bond donors (Lipinski definition) is 3. The number of amides is 2. The Balaban J connectivity index is 2.08. The van der Waals surface area contributed by atoms with E-state index in [2.05, 4.69) is 10.6 Å². The van der Waals surface area contributed by atoms with Crippen molar-refractivity contribution in [1.82, 2.24) is 10.6 Å². The summed E-state index contributed by atoms with van der Waals surface area (Å²) in [5.74, 6) is -0.129. The van der Waals surface area contributed by atoms with Gasteiger partial charge in [-0.25, -0.2) is 4.79 Å². The van der Waals surface area contributed by atoms with Crippen molar-refractivity contribution in [2.45, 2.75) is 19.8 Å². The van der Waals surface area contributed by atoms with E-state index in [1.165, 1.54) is 0 Å². The Morgan fingerprint density at radius 1 is 1.44 bits per heavy atom. The number of carboxylic acid groups (broad SMARTS) is 1. The van der Waals surface area contributed by atoms with Crippen LogP contribution in [0.1, 0.15) is 19.1 Å². The number of carbonyl (C=O) groups is 2. The van der Waals surface area contributed by atoms with Gasteiger partial charge < -0.3 is 20.2 Å². The van der Waals surface area contributed by atoms with Gasteiger partial charge in [0.05, 0.1) is 6.26 Å². The molecule has 0 radical (unpaired) electrons. The summed E-state index contributed by atoms with van der Waals surface area (Å²) in [6, 6.07) is 3.34. The van der Waals surface area contributed by atoms with Crippen LogP contribution in [0.25, 0.3) is 0 Å². The van der Waals surface area contributed by atoms with E-state index in [0.717, 1.165) is 5.76 Å². The smallest absolute Gasteiger partial charge is 0.314 e. The number of hydrogen-bond acceptors (Lipinski definition) is 3. The van der Waals surface area contributed by atoms with E-state index in [-0.39, 0.29) is 18.4 Å². The second-order valence-electron chi connectivity index (χ2n) is 4.17. The third-order valence-corrected chi connectivity index (χ3v) is 2.37. The van der Waals surface area contributed by atoms with E-state index in [9.17, 15) is 9.59 Å². The maximum absolute atomic E-state index is 11.4. The molecule has 0 saturated heterocycles. The number of carboxylic acids is 1. The van der Waals surface area contributed by atoms with Crippen LogP contribution in [0.2, 0.25) is 0 Å². The van der Waals surface area contributed by atoms with Crippen molar-refractivity contribution in [1.29, 1.82) is 0 Å². The van der Waals surface area contributed by atoms with Gasteiger partial charge in [-0.1, -0.05) is 6.92 Å². The van der Waals surface area contributed by atoms with Gasteiger partial charge in [0, 0.05) is 25.9 Å². The maximum Gasteiger partial charge on any atom is 0.314 e. The highest BCUT2D eigenvalue weighted by atomic mass is 16.4. The second kappa shape index (κ2) is 7.37. The molecule has 3 N–H and O–H groups in total. The SMILES string of the molecule is CC(CNC(=O)NCCc1ccco1)CC(=O)O. The number of carbonyl (C=O) groups excluding carboxylic acids is 1. The van der Waals surface area contributed by atoms with Gasteiger partial charge in [-0.2, -0.15) is 0 Å². The Morgan fingerprint density at radius 3 is 2.83 bits per heavy atom. The first-order valence-corrected chi connectivity index (χ1v) is 5.84. The summed E-state index contributed by atoms with van der Waals surface area (Å²) in [5.41, 5.74) is 0. The summed E-state index contributed by atoms with van der Waals surface area (Å²) in [6.45, 7) is 2.60. The molecule has 0 aromatic carbocycles. The van der Waals surface area contributed by atoms with E-state index < -0.39 is 5.97 Å². The van der Waals surface area contributed by atoms with Crippen LogP contribution in [0.4, 0.5) is 4.79 Å². The largest absolute Gasteiger partial charge is 0.481 e. The summed E-state index contributed by atoms with van der Waals surface area (Å²) in [4.78, 5) is 21.8. The lowest BCUT2D eigenvalue weighted by Crippen LogP contribution is -2.39. The molecule has 0 fully saturated rings. The van der Waals surface area contributed by atoms with E-state index in [0.29, 0.717) is 19.5 Å². The normalized spacial score (nSPS) is 11.8. The quantitative estimate of drug-likeness (QED) is 0.682. The fourth-order valence-corrected chi connectivity index (χ4v) is 1.45. The topological polar surface area (TPSA) is 91.6 Å². The Hall–Kier alpha value is -1.98. The summed E-state index contributed by atoms with van der Waals surface area (Å²) >= 11 is 0. The average molecular weight is 254 g/mol. The molecule has 0 saturated carbocycles. The van der Waals surface area contributed by atoms with Crippen molar-refractivity contribution in [2.75, 3.05) is 13.1 Å². The summed E-state index contributed by atoms with van der Waals surface area (Å²) in [7, 11) is 0. The molecule has 1 atom stereocenters. The Bertz CT molecular complexity index is 375. The molecule has 2 amide bonds. The van der Waals surface area contributed by atoms with Crippen LogP contribution in [0, 0.1) is 5.92 Å². The lowest BCUT2D eigenvalue weighted by Gasteiger charge is -2.11. The standard InChI is InChI=1S/C12H18N2O4/c1-9(7-11(15)16)8-14-12(17)13-5-4-10-3-2-6-18-10/h2-3,6,9H,4-5,7-8H2,1H3,(H,15,16)(H2,13,14,17). The van der Waals surface area contributed by atoms with Gasteiger partial charge >= 0.3 is 12.0 Å². The minimum Gasteiger partial charge on any atom is -0.481 e. The van der Waals surface area contributed by atoms with Crippen molar-refractivity contribution < 1.29 is 19.1 Å². The first kappa shape index (κ1) is 14.1. The van der Waals surface area contributed by atoms with E-state index in [1.54, 1.807) is 19.3 Å². The predicted molar refractivity (Wildman–Crippen MR) is 65.2 cm³/mol. The molecular formula is C12H18N2O4. The maximum atomic E-state index is 11.4. The van der Waals surface area contributed by atoms with Crippen molar-refractivity contribution >= 4 is 12.0 Å². The monoisotopic (exact) mass is 254 g/mol. The van der Waals surface area contributed by atoms with Crippen LogP contribution in [0.15, 0.2) is 22.8 Å². The molecule has 1 rings (SSSR count). The zero-order valence-corrected chi connectivity index (χ0v) is 10.3. The van der Waals surface area contributed by atoms with Crippen molar-refractivity contribution in [3.05, 3.63) is 24.2 Å². The van der Waals surface area contributed by atoms with Crippen LogP contribution in [0.3, 0.4) is 0 Å².